The summed E-state index contributed by atoms with van der Waals surface area (Å²) in [4.78, 5) is 0. The lowest BCUT2D eigenvalue weighted by Gasteiger charge is -2.40. The topological polar surface area (TPSA) is 6.48 Å². The van der Waals surface area contributed by atoms with Gasteiger partial charge in [-0.05, 0) is 24.2 Å². The fourth-order valence-electron chi connectivity index (χ4n) is 3.03. The molecule has 0 aromatic rings. The van der Waals surface area contributed by atoms with Gasteiger partial charge >= 0.3 is 0 Å². The van der Waals surface area contributed by atoms with Gasteiger partial charge in [-0.1, -0.05) is 55.4 Å². The average Bonchev–Trinajstić information content (AvgIpc) is 2.11. The van der Waals surface area contributed by atoms with Crippen LogP contribution in [0.15, 0.2) is 0 Å². The highest BCUT2D eigenvalue weighted by molar-refractivity contribution is 7.32. The molecular weight excluding hydrogens is 256 g/mol. The van der Waals surface area contributed by atoms with Gasteiger partial charge in [-0.2, -0.15) is 0 Å². The second-order valence-corrected chi connectivity index (χ2v) is 23.3. The first-order valence-corrected chi connectivity index (χ1v) is 16.2. The highest BCUT2D eigenvalue weighted by atomic mass is 29.5. The maximum atomic E-state index is 2.87. The van der Waals surface area contributed by atoms with Crippen molar-refractivity contribution in [2.75, 3.05) is 0 Å². The SMILES string of the molecule is CC(C)N([SiH2][SiH]([SiH3])N(C(C)C)C(C)C)C(C)C. The van der Waals surface area contributed by atoms with Crippen LogP contribution in [0.25, 0.3) is 0 Å². The van der Waals surface area contributed by atoms with Crippen molar-refractivity contribution in [3.05, 3.63) is 0 Å². The standard InChI is InChI=1S/C12H34N2Si3/c1-9(2)13(10(3)4)16-17(15)14(11(5)6)12(7)8/h9-12,17H,16H2,1-8,15H3. The van der Waals surface area contributed by atoms with Crippen LogP contribution in [-0.4, -0.2) is 60.3 Å². The fourth-order valence-corrected chi connectivity index (χ4v) is 21.5. The number of hydrogen-bond acceptors (Lipinski definition) is 2. The molecule has 0 aromatic heterocycles. The van der Waals surface area contributed by atoms with Crippen molar-refractivity contribution in [1.29, 1.82) is 0 Å². The molecule has 0 saturated heterocycles. The summed E-state index contributed by atoms with van der Waals surface area (Å²) in [5.74, 6) is 0. The molecule has 0 N–H and O–H groups in total. The first-order valence-electron chi connectivity index (χ1n) is 7.21. The van der Waals surface area contributed by atoms with Crippen LogP contribution in [0.1, 0.15) is 55.4 Å². The minimum Gasteiger partial charge on any atom is -0.326 e. The lowest BCUT2D eigenvalue weighted by Crippen LogP contribution is -2.58. The minimum absolute atomic E-state index is 0.0184. The van der Waals surface area contributed by atoms with Crippen molar-refractivity contribution >= 4 is 27.0 Å². The van der Waals surface area contributed by atoms with Crippen molar-refractivity contribution in [1.82, 2.24) is 9.13 Å². The summed E-state index contributed by atoms with van der Waals surface area (Å²) in [7, 11) is 0.858. The Labute approximate surface area is 116 Å². The van der Waals surface area contributed by atoms with Crippen LogP contribution >= 0.6 is 0 Å². The van der Waals surface area contributed by atoms with E-state index in [0.717, 1.165) is 24.2 Å². The maximum absolute atomic E-state index is 2.87. The highest BCUT2D eigenvalue weighted by Crippen LogP contribution is 2.09. The highest BCUT2D eigenvalue weighted by Gasteiger charge is 2.25. The van der Waals surface area contributed by atoms with Crippen molar-refractivity contribution in [3.8, 4) is 0 Å². The van der Waals surface area contributed by atoms with Gasteiger partial charge in [0.25, 0.3) is 0 Å². The summed E-state index contributed by atoms with van der Waals surface area (Å²) in [6.07, 6.45) is 0. The Hall–Kier alpha value is 0.571. The van der Waals surface area contributed by atoms with Crippen molar-refractivity contribution in [2.24, 2.45) is 0 Å². The van der Waals surface area contributed by atoms with Gasteiger partial charge in [0.05, 0.1) is 17.2 Å². The van der Waals surface area contributed by atoms with E-state index in [1.54, 1.807) is 0 Å². The van der Waals surface area contributed by atoms with Gasteiger partial charge in [0.15, 0.2) is 0 Å². The van der Waals surface area contributed by atoms with E-state index in [1.165, 1.54) is 9.76 Å². The molecule has 0 bridgehead atoms. The van der Waals surface area contributed by atoms with Gasteiger partial charge in [0, 0.05) is 9.76 Å². The predicted octanol–water partition coefficient (Wildman–Crippen LogP) is 0.390. The van der Waals surface area contributed by atoms with E-state index in [4.69, 9.17) is 0 Å². The zero-order valence-electron chi connectivity index (χ0n) is 13.5. The largest absolute Gasteiger partial charge is 0.326 e. The molecule has 0 aromatic carbocycles. The van der Waals surface area contributed by atoms with E-state index in [1.807, 2.05) is 0 Å². The first-order chi connectivity index (χ1) is 7.68. The van der Waals surface area contributed by atoms with Crippen LogP contribution < -0.4 is 0 Å². The second-order valence-electron chi connectivity index (χ2n) is 6.37. The zero-order valence-corrected chi connectivity index (χ0v) is 18.1. The molecule has 0 aliphatic rings. The van der Waals surface area contributed by atoms with E-state index in [-0.39, 0.29) is 9.20 Å². The van der Waals surface area contributed by atoms with Crippen LogP contribution in [0, 0.1) is 0 Å². The average molecular weight is 291 g/mol. The Bertz CT molecular complexity index is 192. The lowest BCUT2D eigenvalue weighted by molar-refractivity contribution is 0.300. The van der Waals surface area contributed by atoms with Gasteiger partial charge in [-0.15, -0.1) is 0 Å². The molecule has 1 unspecified atom stereocenters. The summed E-state index contributed by atoms with van der Waals surface area (Å²) >= 11 is 0. The van der Waals surface area contributed by atoms with Crippen LogP contribution in [-0.2, 0) is 0 Å². The third-order valence-electron chi connectivity index (χ3n) is 3.50. The van der Waals surface area contributed by atoms with Gasteiger partial charge in [-0.25, -0.2) is 0 Å². The van der Waals surface area contributed by atoms with Gasteiger partial charge in [0.2, 0.25) is 0 Å². The summed E-state index contributed by atoms with van der Waals surface area (Å²) in [6, 6.07) is 2.98. The molecule has 2 nitrogen and oxygen atoms in total. The van der Waals surface area contributed by atoms with E-state index >= 15 is 0 Å². The molecule has 0 radical (unpaired) electrons. The van der Waals surface area contributed by atoms with E-state index in [2.05, 4.69) is 64.5 Å². The number of nitrogens with zero attached hydrogens (tertiary/aromatic N) is 2. The van der Waals surface area contributed by atoms with Crippen LogP contribution in [0.5, 0.6) is 0 Å². The summed E-state index contributed by atoms with van der Waals surface area (Å²) in [5.41, 5.74) is 0. The van der Waals surface area contributed by atoms with E-state index < -0.39 is 7.99 Å². The summed E-state index contributed by atoms with van der Waals surface area (Å²) < 4.78 is 5.69. The first kappa shape index (κ1) is 17.6. The molecule has 0 rings (SSSR count). The Morgan fingerprint density at radius 2 is 1.12 bits per heavy atom. The fraction of sp³-hybridized carbons (Fsp3) is 1.00. The molecule has 0 aliphatic carbocycles. The van der Waals surface area contributed by atoms with Crippen LogP contribution in [0.2, 0.25) is 0 Å². The molecule has 17 heavy (non-hydrogen) atoms. The molecular formula is C12H34N2Si3. The van der Waals surface area contributed by atoms with Crippen molar-refractivity contribution in [3.63, 3.8) is 0 Å². The zero-order chi connectivity index (χ0) is 13.7. The smallest absolute Gasteiger partial charge is 0.0974 e. The van der Waals surface area contributed by atoms with Crippen molar-refractivity contribution < 1.29 is 0 Å². The molecule has 0 amide bonds. The van der Waals surface area contributed by atoms with Crippen molar-refractivity contribution in [2.45, 2.75) is 79.6 Å². The number of hydrogen-bond donors (Lipinski definition) is 0. The molecule has 0 saturated carbocycles. The summed E-state index contributed by atoms with van der Waals surface area (Å²) in [5, 5.41) is 0. The van der Waals surface area contributed by atoms with Gasteiger partial charge in [-0.3, -0.25) is 0 Å². The third kappa shape index (κ3) is 5.83. The monoisotopic (exact) mass is 290 g/mol. The Balaban J connectivity index is 4.62. The Kier molecular flexibility index (Phi) is 8.15. The molecule has 0 spiro atoms. The maximum Gasteiger partial charge on any atom is 0.0974 e. The minimum atomic E-state index is -0.566. The predicted molar refractivity (Wildman–Crippen MR) is 89.9 cm³/mol. The molecule has 0 heterocycles. The molecule has 1 atom stereocenters. The van der Waals surface area contributed by atoms with Gasteiger partial charge in [0.1, 0.15) is 0 Å². The quantitative estimate of drug-likeness (QED) is 0.626. The van der Waals surface area contributed by atoms with Crippen LogP contribution in [0.4, 0.5) is 0 Å². The lowest BCUT2D eigenvalue weighted by atomic mass is 10.3. The Morgan fingerprint density at radius 1 is 0.765 bits per heavy atom. The van der Waals surface area contributed by atoms with Gasteiger partial charge < -0.3 is 9.13 Å². The molecule has 5 heteroatoms. The normalized spacial score (nSPS) is 15.9. The van der Waals surface area contributed by atoms with Crippen LogP contribution in [0.3, 0.4) is 0 Å². The third-order valence-corrected chi connectivity index (χ3v) is 17.3. The summed E-state index contributed by atoms with van der Waals surface area (Å²) in [6.45, 7) is 19.0. The second kappa shape index (κ2) is 7.89. The molecule has 104 valence electrons. The van der Waals surface area contributed by atoms with E-state index in [0.29, 0.717) is 0 Å². The number of rotatable bonds is 7. The Morgan fingerprint density at radius 3 is 1.35 bits per heavy atom. The van der Waals surface area contributed by atoms with E-state index in [9.17, 15) is 0 Å². The molecule has 0 aliphatic heterocycles. The molecule has 0 fully saturated rings.